The first-order valence-electron chi connectivity index (χ1n) is 6.99. The number of hydrogen-bond donors (Lipinski definition) is 1. The van der Waals surface area contributed by atoms with E-state index in [2.05, 4.69) is 53.8 Å². The standard InChI is InChI=1S/C15H22BrF3N2/c1-10(2)21(11(3)4)8-7-20-14-6-5-12(9-13(14)16)15(17,18)19/h5-6,9-11,20H,7-8H2,1-4H3. The summed E-state index contributed by atoms with van der Waals surface area (Å²) < 4.78 is 38.2. The van der Waals surface area contributed by atoms with Gasteiger partial charge in [0.25, 0.3) is 0 Å². The highest BCUT2D eigenvalue weighted by Crippen LogP contribution is 2.33. The van der Waals surface area contributed by atoms with Gasteiger partial charge in [-0.05, 0) is 61.8 Å². The van der Waals surface area contributed by atoms with Crippen LogP contribution in [0.3, 0.4) is 0 Å². The Bertz CT molecular complexity index is 451. The highest BCUT2D eigenvalue weighted by molar-refractivity contribution is 9.10. The van der Waals surface area contributed by atoms with Crippen LogP contribution in [0.15, 0.2) is 22.7 Å². The quantitative estimate of drug-likeness (QED) is 0.761. The Morgan fingerprint density at radius 2 is 1.71 bits per heavy atom. The van der Waals surface area contributed by atoms with Gasteiger partial charge in [0.15, 0.2) is 0 Å². The normalized spacial score (nSPS) is 12.5. The summed E-state index contributed by atoms with van der Waals surface area (Å²) in [4.78, 5) is 2.32. The second-order valence-electron chi connectivity index (χ2n) is 5.54. The molecule has 0 aliphatic rings. The number of nitrogens with one attached hydrogen (secondary N) is 1. The molecule has 1 aromatic carbocycles. The van der Waals surface area contributed by atoms with Crippen molar-refractivity contribution in [2.45, 2.75) is 46.0 Å². The first kappa shape index (κ1) is 18.3. The predicted molar refractivity (Wildman–Crippen MR) is 84.6 cm³/mol. The molecule has 1 N–H and O–H groups in total. The summed E-state index contributed by atoms with van der Waals surface area (Å²) >= 11 is 3.19. The lowest BCUT2D eigenvalue weighted by molar-refractivity contribution is -0.137. The highest BCUT2D eigenvalue weighted by Gasteiger charge is 2.30. The SMILES string of the molecule is CC(C)N(CCNc1ccc(C(F)(F)F)cc1Br)C(C)C. The Labute approximate surface area is 132 Å². The maximum atomic E-state index is 12.6. The van der Waals surface area contributed by atoms with Crippen LogP contribution in [0, 0.1) is 0 Å². The van der Waals surface area contributed by atoms with E-state index in [0.717, 1.165) is 18.7 Å². The summed E-state index contributed by atoms with van der Waals surface area (Å²) in [6.07, 6.45) is -4.31. The van der Waals surface area contributed by atoms with E-state index in [9.17, 15) is 13.2 Å². The van der Waals surface area contributed by atoms with Gasteiger partial charge < -0.3 is 5.32 Å². The molecule has 0 fully saturated rings. The molecule has 0 bridgehead atoms. The minimum atomic E-state index is -4.31. The molecular formula is C15H22BrF3N2. The number of hydrogen-bond acceptors (Lipinski definition) is 2. The number of rotatable bonds is 6. The molecule has 0 saturated heterocycles. The van der Waals surface area contributed by atoms with Crippen molar-refractivity contribution in [1.29, 1.82) is 0 Å². The molecule has 0 spiro atoms. The summed E-state index contributed by atoms with van der Waals surface area (Å²) in [6.45, 7) is 10.0. The number of nitrogens with zero attached hydrogens (tertiary/aromatic N) is 1. The van der Waals surface area contributed by atoms with E-state index < -0.39 is 11.7 Å². The fourth-order valence-electron chi connectivity index (χ4n) is 2.27. The molecule has 0 aliphatic carbocycles. The third-order valence-corrected chi connectivity index (χ3v) is 3.96. The van der Waals surface area contributed by atoms with E-state index in [1.165, 1.54) is 6.07 Å². The van der Waals surface area contributed by atoms with Gasteiger partial charge in [-0.25, -0.2) is 0 Å². The van der Waals surface area contributed by atoms with E-state index in [-0.39, 0.29) is 0 Å². The van der Waals surface area contributed by atoms with Crippen LogP contribution in [-0.2, 0) is 6.18 Å². The van der Waals surface area contributed by atoms with E-state index in [1.54, 1.807) is 0 Å². The molecule has 6 heteroatoms. The zero-order chi connectivity index (χ0) is 16.2. The van der Waals surface area contributed by atoms with E-state index in [0.29, 0.717) is 28.8 Å². The lowest BCUT2D eigenvalue weighted by Gasteiger charge is -2.30. The summed E-state index contributed by atoms with van der Waals surface area (Å²) in [5, 5.41) is 3.18. The molecule has 0 heterocycles. The van der Waals surface area contributed by atoms with Crippen LogP contribution in [0.4, 0.5) is 18.9 Å². The van der Waals surface area contributed by atoms with Gasteiger partial charge in [0, 0.05) is 35.3 Å². The van der Waals surface area contributed by atoms with Crippen molar-refractivity contribution in [3.05, 3.63) is 28.2 Å². The van der Waals surface area contributed by atoms with Crippen LogP contribution in [0.2, 0.25) is 0 Å². The summed E-state index contributed by atoms with van der Waals surface area (Å²) in [7, 11) is 0. The van der Waals surface area contributed by atoms with Crippen molar-refractivity contribution in [3.8, 4) is 0 Å². The molecule has 1 aromatic rings. The summed E-state index contributed by atoms with van der Waals surface area (Å²) in [5.41, 5.74) is 0.0291. The Morgan fingerprint density at radius 3 is 2.14 bits per heavy atom. The highest BCUT2D eigenvalue weighted by atomic mass is 79.9. The van der Waals surface area contributed by atoms with Gasteiger partial charge in [-0.2, -0.15) is 13.2 Å². The number of alkyl halides is 3. The lowest BCUT2D eigenvalue weighted by Crippen LogP contribution is -2.40. The largest absolute Gasteiger partial charge is 0.416 e. The zero-order valence-corrected chi connectivity index (χ0v) is 14.3. The van der Waals surface area contributed by atoms with Crippen LogP contribution in [0.5, 0.6) is 0 Å². The van der Waals surface area contributed by atoms with Gasteiger partial charge in [0.1, 0.15) is 0 Å². The van der Waals surface area contributed by atoms with Crippen LogP contribution in [0.25, 0.3) is 0 Å². The van der Waals surface area contributed by atoms with Crippen molar-refractivity contribution in [3.63, 3.8) is 0 Å². The molecule has 120 valence electrons. The molecule has 0 saturated carbocycles. The minimum absolute atomic E-state index is 0.429. The molecule has 0 aromatic heterocycles. The Balaban J connectivity index is 2.64. The smallest absolute Gasteiger partial charge is 0.383 e. The zero-order valence-electron chi connectivity index (χ0n) is 12.8. The third-order valence-electron chi connectivity index (χ3n) is 3.31. The van der Waals surface area contributed by atoms with Gasteiger partial charge >= 0.3 is 6.18 Å². The van der Waals surface area contributed by atoms with Crippen LogP contribution in [0.1, 0.15) is 33.3 Å². The first-order valence-corrected chi connectivity index (χ1v) is 7.78. The molecule has 2 nitrogen and oxygen atoms in total. The van der Waals surface area contributed by atoms with Gasteiger partial charge in [-0.15, -0.1) is 0 Å². The molecule has 21 heavy (non-hydrogen) atoms. The minimum Gasteiger partial charge on any atom is -0.383 e. The van der Waals surface area contributed by atoms with Gasteiger partial charge in [-0.3, -0.25) is 4.90 Å². The van der Waals surface area contributed by atoms with Gasteiger partial charge in [-0.1, -0.05) is 0 Å². The fourth-order valence-corrected chi connectivity index (χ4v) is 2.79. The first-order chi connectivity index (χ1) is 9.62. The topological polar surface area (TPSA) is 15.3 Å². The monoisotopic (exact) mass is 366 g/mol. The number of benzene rings is 1. The molecule has 0 atom stereocenters. The van der Waals surface area contributed by atoms with E-state index in [1.807, 2.05) is 0 Å². The number of halogens is 4. The molecule has 0 amide bonds. The number of anilines is 1. The van der Waals surface area contributed by atoms with Crippen molar-refractivity contribution >= 4 is 21.6 Å². The Hall–Kier alpha value is -0.750. The molecule has 0 unspecified atom stereocenters. The van der Waals surface area contributed by atoms with E-state index >= 15 is 0 Å². The molecular weight excluding hydrogens is 345 g/mol. The van der Waals surface area contributed by atoms with Crippen molar-refractivity contribution in [1.82, 2.24) is 4.90 Å². The van der Waals surface area contributed by atoms with Gasteiger partial charge in [0.05, 0.1) is 5.56 Å². The van der Waals surface area contributed by atoms with Crippen LogP contribution < -0.4 is 5.32 Å². The summed E-state index contributed by atoms with van der Waals surface area (Å²) in [6, 6.07) is 4.52. The fraction of sp³-hybridized carbons (Fsp3) is 0.600. The van der Waals surface area contributed by atoms with Crippen LogP contribution in [-0.4, -0.2) is 30.1 Å². The Kier molecular flexibility index (Phi) is 6.53. The van der Waals surface area contributed by atoms with Crippen LogP contribution >= 0.6 is 15.9 Å². The van der Waals surface area contributed by atoms with Crippen molar-refractivity contribution < 1.29 is 13.2 Å². The third kappa shape index (κ3) is 5.51. The molecule has 1 rings (SSSR count). The maximum absolute atomic E-state index is 12.6. The average molecular weight is 367 g/mol. The maximum Gasteiger partial charge on any atom is 0.416 e. The lowest BCUT2D eigenvalue weighted by atomic mass is 10.2. The average Bonchev–Trinajstić information content (AvgIpc) is 2.33. The second-order valence-corrected chi connectivity index (χ2v) is 6.40. The van der Waals surface area contributed by atoms with E-state index in [4.69, 9.17) is 0 Å². The predicted octanol–water partition coefficient (Wildman–Crippen LogP) is 5.00. The summed E-state index contributed by atoms with van der Waals surface area (Å²) in [5.74, 6) is 0. The Morgan fingerprint density at radius 1 is 1.14 bits per heavy atom. The van der Waals surface area contributed by atoms with Crippen molar-refractivity contribution in [2.24, 2.45) is 0 Å². The molecule has 0 radical (unpaired) electrons. The van der Waals surface area contributed by atoms with Gasteiger partial charge in [0.2, 0.25) is 0 Å². The molecule has 0 aliphatic heterocycles. The second kappa shape index (κ2) is 7.49. The van der Waals surface area contributed by atoms with Crippen molar-refractivity contribution in [2.75, 3.05) is 18.4 Å².